The molecule has 40 valence electrons. The zero-order chi connectivity index (χ0) is 5.58. The summed E-state index contributed by atoms with van der Waals surface area (Å²) in [6, 6.07) is 0. The Morgan fingerprint density at radius 3 is 1.00 bits per heavy atom. The molecule has 0 heterocycles. The van der Waals surface area contributed by atoms with Crippen molar-refractivity contribution in [2.45, 2.75) is 0 Å². The molecule has 0 spiro atoms. The van der Waals surface area contributed by atoms with Gasteiger partial charge in [-0.1, -0.05) is 0 Å². The van der Waals surface area contributed by atoms with E-state index in [4.69, 9.17) is 29.1 Å². The molecule has 0 saturated carbocycles. The van der Waals surface area contributed by atoms with Crippen molar-refractivity contribution in [2.24, 2.45) is 0 Å². The molecule has 0 aromatic carbocycles. The molecule has 0 amide bonds. The number of halogens is 4. The molecule has 0 nitrogen and oxygen atoms in total. The summed E-state index contributed by atoms with van der Waals surface area (Å²) < 4.78 is 0. The summed E-state index contributed by atoms with van der Waals surface area (Å²) in [5, 5.41) is 0. The van der Waals surface area contributed by atoms with Crippen molar-refractivity contribution in [3.63, 3.8) is 0 Å². The number of hydrogen-bond donors (Lipinski definition) is 0. The molecule has 0 aromatic rings. The molecule has 0 radical (unpaired) electrons. The fourth-order valence-corrected chi connectivity index (χ4v) is 0. The molecule has 0 saturated heterocycles. The van der Waals surface area contributed by atoms with Gasteiger partial charge in [0.05, 0.1) is 0 Å². The molecule has 0 aliphatic rings. The molecule has 0 aliphatic heterocycles. The van der Waals surface area contributed by atoms with Gasteiger partial charge in [0.2, 0.25) is 0 Å². The van der Waals surface area contributed by atoms with Crippen LogP contribution in [0.3, 0.4) is 0 Å². The third kappa shape index (κ3) is 31.5. The zero-order valence-corrected chi connectivity index (χ0v) is 8.69. The van der Waals surface area contributed by atoms with Crippen LogP contribution in [0.1, 0.15) is 0 Å². The number of hydrogen-bond acceptors (Lipinski definition) is 0. The minimum absolute atomic E-state index is 1.47. The first-order valence-electron chi connectivity index (χ1n) is 0.590. The topological polar surface area (TPSA) is 0 Å². The zero-order valence-electron chi connectivity index (χ0n) is 2.37. The van der Waals surface area contributed by atoms with E-state index in [9.17, 15) is 0 Å². The van der Waals surface area contributed by atoms with E-state index in [0.717, 1.165) is 0 Å². The fraction of sp³-hybridized carbons (Fsp3) is 0. The van der Waals surface area contributed by atoms with Crippen molar-refractivity contribution in [3.05, 3.63) is 0 Å². The molecule has 0 bridgehead atoms. The second kappa shape index (κ2) is 10.5. The summed E-state index contributed by atoms with van der Waals surface area (Å²) in [6.45, 7) is 0. The van der Waals surface area contributed by atoms with E-state index in [2.05, 4.69) is 9.30 Å². The second-order valence-electron chi connectivity index (χ2n) is 0.152. The second-order valence-corrected chi connectivity index (χ2v) is 8.07. The average molecular weight is 291 g/mol. The van der Waals surface area contributed by atoms with E-state index in [1.807, 2.05) is 0 Å². The SMILES string of the molecule is [Cl][Ru]([Cl])[Cl].[Cl][Ti]. The van der Waals surface area contributed by atoms with Gasteiger partial charge in [0.15, 0.2) is 0 Å². The molecule has 0 atom stereocenters. The molecule has 0 rings (SSSR count). The van der Waals surface area contributed by atoms with Crippen LogP contribution in [0.5, 0.6) is 0 Å². The summed E-state index contributed by atoms with van der Waals surface area (Å²) in [5.74, 6) is 0. The van der Waals surface area contributed by atoms with Gasteiger partial charge >= 0.3 is 70.7 Å². The van der Waals surface area contributed by atoms with E-state index >= 15 is 0 Å². The van der Waals surface area contributed by atoms with E-state index < -0.39 is 13.0 Å². The van der Waals surface area contributed by atoms with Crippen LogP contribution < -0.4 is 0 Å². The summed E-state index contributed by atoms with van der Waals surface area (Å²) >= 11 is -0.281. The third-order valence-electron chi connectivity index (χ3n) is 0. The average Bonchev–Trinajstić information content (AvgIpc) is 1.41. The van der Waals surface area contributed by atoms with Crippen molar-refractivity contribution in [2.75, 3.05) is 0 Å². The Bertz CT molecular complexity index is 12.3. The van der Waals surface area contributed by atoms with Gasteiger partial charge in [0.25, 0.3) is 0 Å². The van der Waals surface area contributed by atoms with Crippen molar-refractivity contribution in [1.82, 2.24) is 0 Å². The maximum absolute atomic E-state index is 4.95. The molecule has 0 aromatic heterocycles. The molecule has 0 aliphatic carbocycles. The van der Waals surface area contributed by atoms with Crippen LogP contribution in [0.25, 0.3) is 0 Å². The molecule has 0 N–H and O–H groups in total. The van der Waals surface area contributed by atoms with Crippen molar-refractivity contribution in [3.8, 4) is 0 Å². The van der Waals surface area contributed by atoms with Gasteiger partial charge in [-0.3, -0.25) is 0 Å². The first kappa shape index (κ1) is 11.3. The summed E-state index contributed by atoms with van der Waals surface area (Å²) in [7, 11) is 19.5. The standard InChI is InChI=1S/4ClH.Ru.Ti/h4*1H;;/q;;;;+3;+1/p-4. The molecular formula is Cl4RuTi. The van der Waals surface area contributed by atoms with Crippen molar-refractivity contribution < 1.29 is 32.4 Å². The normalized spacial score (nSPS) is 8.17. The van der Waals surface area contributed by atoms with Gasteiger partial charge in [-0.25, -0.2) is 0 Å². The van der Waals surface area contributed by atoms with Crippen LogP contribution in [0, 0.1) is 0 Å². The van der Waals surface area contributed by atoms with Crippen molar-refractivity contribution in [1.29, 1.82) is 0 Å². The summed E-state index contributed by atoms with van der Waals surface area (Å²) in [4.78, 5) is 0. The van der Waals surface area contributed by atoms with Crippen LogP contribution in [-0.2, 0) is 32.4 Å². The van der Waals surface area contributed by atoms with Crippen LogP contribution in [-0.4, -0.2) is 0 Å². The molecule has 0 fully saturated rings. The molecule has 0 unspecified atom stereocenters. The van der Waals surface area contributed by atoms with E-state index in [1.54, 1.807) is 0 Å². The van der Waals surface area contributed by atoms with Gasteiger partial charge in [0, 0.05) is 0 Å². The van der Waals surface area contributed by atoms with Gasteiger partial charge in [-0.2, -0.15) is 0 Å². The van der Waals surface area contributed by atoms with Gasteiger partial charge in [-0.05, 0) is 0 Å². The Kier molecular flexibility index (Phi) is 19.8. The predicted molar refractivity (Wildman–Crippen MR) is 23.4 cm³/mol. The Labute approximate surface area is 69.8 Å². The monoisotopic (exact) mass is 290 g/mol. The van der Waals surface area contributed by atoms with Crippen molar-refractivity contribution >= 4 is 38.4 Å². The van der Waals surface area contributed by atoms with Gasteiger partial charge < -0.3 is 0 Å². The van der Waals surface area contributed by atoms with Crippen LogP contribution in [0.2, 0.25) is 0 Å². The molecule has 6 heteroatoms. The summed E-state index contributed by atoms with van der Waals surface area (Å²) in [6.07, 6.45) is 0. The first-order chi connectivity index (χ1) is 2.73. The van der Waals surface area contributed by atoms with Gasteiger partial charge in [-0.15, -0.1) is 0 Å². The molecular weight excluding hydrogens is 291 g/mol. The quantitative estimate of drug-likeness (QED) is 0.602. The predicted octanol–water partition coefficient (Wildman–Crippen LogP) is 2.75. The molecule has 6 heavy (non-hydrogen) atoms. The Morgan fingerprint density at radius 2 is 1.00 bits per heavy atom. The van der Waals surface area contributed by atoms with E-state index in [0.29, 0.717) is 0 Å². The Balaban J connectivity index is 0. The van der Waals surface area contributed by atoms with Crippen LogP contribution in [0.4, 0.5) is 0 Å². The van der Waals surface area contributed by atoms with Gasteiger partial charge in [0.1, 0.15) is 0 Å². The van der Waals surface area contributed by atoms with Crippen LogP contribution >= 0.6 is 38.4 Å². The Morgan fingerprint density at radius 1 is 1.00 bits per heavy atom. The third-order valence-corrected chi connectivity index (χ3v) is 0. The van der Waals surface area contributed by atoms with E-state index in [1.165, 1.54) is 19.4 Å². The Hall–Kier alpha value is 2.50. The minimum atomic E-state index is -1.75. The van der Waals surface area contributed by atoms with E-state index in [-0.39, 0.29) is 0 Å². The maximum atomic E-state index is 4.95. The summed E-state index contributed by atoms with van der Waals surface area (Å²) in [5.41, 5.74) is 0. The fourth-order valence-electron chi connectivity index (χ4n) is 0. The first-order valence-corrected chi connectivity index (χ1v) is 9.45. The van der Waals surface area contributed by atoms with Crippen LogP contribution in [0.15, 0.2) is 0 Å². The number of rotatable bonds is 0.